The summed E-state index contributed by atoms with van der Waals surface area (Å²) in [5, 5.41) is 3.00. The number of ether oxygens (including phenoxy) is 1. The third kappa shape index (κ3) is 5.36. The fraction of sp³-hybridized carbons (Fsp3) is 0.556. The lowest BCUT2D eigenvalue weighted by Crippen LogP contribution is -2.43. The van der Waals surface area contributed by atoms with E-state index in [0.717, 1.165) is 25.9 Å². The molecule has 126 valence electrons. The number of nitrogens with zero attached hydrogens (tertiary/aromatic N) is 1. The lowest BCUT2D eigenvalue weighted by atomic mass is 9.97. The van der Waals surface area contributed by atoms with Gasteiger partial charge < -0.3 is 10.1 Å². The molecule has 0 spiro atoms. The van der Waals surface area contributed by atoms with Gasteiger partial charge >= 0.3 is 5.97 Å². The summed E-state index contributed by atoms with van der Waals surface area (Å²) in [4.78, 5) is 25.7. The Kier molecular flexibility index (Phi) is 6.59. The highest BCUT2D eigenvalue weighted by molar-refractivity contribution is 5.78. The molecule has 1 atom stereocenters. The van der Waals surface area contributed by atoms with Crippen molar-refractivity contribution in [3.05, 3.63) is 35.9 Å². The maximum Gasteiger partial charge on any atom is 0.308 e. The van der Waals surface area contributed by atoms with Crippen LogP contribution >= 0.6 is 0 Å². The zero-order valence-corrected chi connectivity index (χ0v) is 14.0. The van der Waals surface area contributed by atoms with Crippen LogP contribution in [-0.2, 0) is 14.3 Å². The van der Waals surface area contributed by atoms with Gasteiger partial charge in [-0.25, -0.2) is 0 Å². The van der Waals surface area contributed by atoms with Crippen LogP contribution in [0.25, 0.3) is 0 Å². The van der Waals surface area contributed by atoms with Crippen molar-refractivity contribution in [3.8, 4) is 0 Å². The third-order valence-corrected chi connectivity index (χ3v) is 4.46. The number of likely N-dealkylation sites (tertiary alicyclic amines) is 1. The fourth-order valence-corrected chi connectivity index (χ4v) is 2.92. The Morgan fingerprint density at radius 3 is 2.52 bits per heavy atom. The summed E-state index contributed by atoms with van der Waals surface area (Å²) < 4.78 is 4.78. The van der Waals surface area contributed by atoms with Crippen molar-refractivity contribution < 1.29 is 14.3 Å². The summed E-state index contributed by atoms with van der Waals surface area (Å²) in [6, 6.07) is 10.2. The second kappa shape index (κ2) is 8.67. The molecular weight excluding hydrogens is 292 g/mol. The highest BCUT2D eigenvalue weighted by atomic mass is 16.5. The lowest BCUT2D eigenvalue weighted by Gasteiger charge is -2.30. The minimum absolute atomic E-state index is 0.0163. The van der Waals surface area contributed by atoms with E-state index in [1.54, 1.807) is 0 Å². The number of hydrogen-bond donors (Lipinski definition) is 1. The molecule has 0 aliphatic carbocycles. The fourth-order valence-electron chi connectivity index (χ4n) is 2.92. The molecular formula is C18H26N2O3. The van der Waals surface area contributed by atoms with E-state index in [4.69, 9.17) is 4.74 Å². The van der Waals surface area contributed by atoms with Crippen LogP contribution in [0.3, 0.4) is 0 Å². The van der Waals surface area contributed by atoms with Crippen LogP contribution in [0.4, 0.5) is 0 Å². The largest absolute Gasteiger partial charge is 0.469 e. The SMILES string of the molecule is COC(=O)C1CCN(CC(=O)NC[C@H](C)c2ccccc2)CC1. The molecule has 23 heavy (non-hydrogen) atoms. The molecule has 2 rings (SSSR count). The van der Waals surface area contributed by atoms with E-state index in [9.17, 15) is 9.59 Å². The van der Waals surface area contributed by atoms with Gasteiger partial charge in [0, 0.05) is 6.54 Å². The van der Waals surface area contributed by atoms with Gasteiger partial charge in [0.25, 0.3) is 0 Å². The molecule has 1 aromatic rings. The Morgan fingerprint density at radius 2 is 1.91 bits per heavy atom. The molecule has 5 nitrogen and oxygen atoms in total. The van der Waals surface area contributed by atoms with Crippen molar-refractivity contribution in [2.24, 2.45) is 5.92 Å². The van der Waals surface area contributed by atoms with Crippen molar-refractivity contribution in [3.63, 3.8) is 0 Å². The first-order chi connectivity index (χ1) is 11.1. The van der Waals surface area contributed by atoms with Crippen LogP contribution in [0.5, 0.6) is 0 Å². The molecule has 1 aliphatic heterocycles. The molecule has 1 N–H and O–H groups in total. The van der Waals surface area contributed by atoms with Gasteiger partial charge in [0.1, 0.15) is 0 Å². The number of esters is 1. The number of nitrogens with one attached hydrogen (secondary N) is 1. The molecule has 1 amide bonds. The topological polar surface area (TPSA) is 58.6 Å². The highest BCUT2D eigenvalue weighted by Crippen LogP contribution is 2.18. The summed E-state index contributed by atoms with van der Waals surface area (Å²) in [5.74, 6) is 0.192. The number of carbonyl (C=O) groups excluding carboxylic acids is 2. The molecule has 0 bridgehead atoms. The maximum atomic E-state index is 12.1. The van der Waals surface area contributed by atoms with Crippen molar-refractivity contribution in [2.75, 3.05) is 33.3 Å². The minimum Gasteiger partial charge on any atom is -0.469 e. The molecule has 1 fully saturated rings. The number of methoxy groups -OCH3 is 1. The zero-order valence-electron chi connectivity index (χ0n) is 14.0. The standard InChI is InChI=1S/C18H26N2O3/c1-14(15-6-4-3-5-7-15)12-19-17(21)13-20-10-8-16(9-11-20)18(22)23-2/h3-7,14,16H,8-13H2,1-2H3,(H,19,21)/t14-/m0/s1. The second-order valence-corrected chi connectivity index (χ2v) is 6.19. The van der Waals surface area contributed by atoms with E-state index in [1.165, 1.54) is 12.7 Å². The second-order valence-electron chi connectivity index (χ2n) is 6.19. The van der Waals surface area contributed by atoms with E-state index >= 15 is 0 Å². The quantitative estimate of drug-likeness (QED) is 0.813. The molecule has 0 saturated carbocycles. The van der Waals surface area contributed by atoms with Crippen LogP contribution in [-0.4, -0.2) is 50.1 Å². The maximum absolute atomic E-state index is 12.1. The molecule has 1 aromatic carbocycles. The van der Waals surface area contributed by atoms with Crippen LogP contribution in [0, 0.1) is 5.92 Å². The van der Waals surface area contributed by atoms with E-state index < -0.39 is 0 Å². The van der Waals surface area contributed by atoms with Gasteiger partial charge in [-0.1, -0.05) is 37.3 Å². The Bertz CT molecular complexity index is 510. The number of carbonyl (C=O) groups is 2. The van der Waals surface area contributed by atoms with Crippen molar-refractivity contribution in [2.45, 2.75) is 25.7 Å². The minimum atomic E-state index is -0.134. The number of rotatable bonds is 6. The van der Waals surface area contributed by atoms with E-state index in [1.807, 2.05) is 18.2 Å². The highest BCUT2D eigenvalue weighted by Gasteiger charge is 2.26. The number of amides is 1. The zero-order chi connectivity index (χ0) is 16.7. The van der Waals surface area contributed by atoms with Gasteiger partial charge in [-0.2, -0.15) is 0 Å². The molecule has 0 unspecified atom stereocenters. The van der Waals surface area contributed by atoms with E-state index in [0.29, 0.717) is 19.0 Å². The first kappa shape index (κ1) is 17.5. The van der Waals surface area contributed by atoms with Crippen LogP contribution in [0.15, 0.2) is 30.3 Å². The summed E-state index contributed by atoms with van der Waals surface area (Å²) in [6.07, 6.45) is 1.53. The molecule has 0 radical (unpaired) electrons. The third-order valence-electron chi connectivity index (χ3n) is 4.46. The van der Waals surface area contributed by atoms with Crippen LogP contribution in [0.1, 0.15) is 31.2 Å². The Morgan fingerprint density at radius 1 is 1.26 bits per heavy atom. The molecule has 1 aliphatic rings. The lowest BCUT2D eigenvalue weighted by molar-refractivity contribution is -0.147. The van der Waals surface area contributed by atoms with E-state index in [2.05, 4.69) is 29.3 Å². The average Bonchev–Trinajstić information content (AvgIpc) is 2.60. The monoisotopic (exact) mass is 318 g/mol. The Hall–Kier alpha value is -1.88. The average molecular weight is 318 g/mol. The normalized spacial score (nSPS) is 17.5. The summed E-state index contributed by atoms with van der Waals surface area (Å²) in [7, 11) is 1.43. The first-order valence-electron chi connectivity index (χ1n) is 8.22. The number of benzene rings is 1. The predicted molar refractivity (Wildman–Crippen MR) is 89.0 cm³/mol. The van der Waals surface area contributed by atoms with E-state index in [-0.39, 0.29) is 17.8 Å². The summed E-state index contributed by atoms with van der Waals surface area (Å²) in [5.41, 5.74) is 1.23. The Labute approximate surface area is 138 Å². The predicted octanol–water partition coefficient (Wildman–Crippen LogP) is 1.79. The van der Waals surface area contributed by atoms with Crippen molar-refractivity contribution >= 4 is 11.9 Å². The van der Waals surface area contributed by atoms with Gasteiger partial charge in [0.05, 0.1) is 19.6 Å². The molecule has 0 aromatic heterocycles. The van der Waals surface area contributed by atoms with Gasteiger partial charge in [-0.15, -0.1) is 0 Å². The number of hydrogen-bond acceptors (Lipinski definition) is 4. The van der Waals surface area contributed by atoms with Gasteiger partial charge in [-0.05, 0) is 37.4 Å². The Balaban J connectivity index is 1.69. The molecule has 1 saturated heterocycles. The van der Waals surface area contributed by atoms with Crippen molar-refractivity contribution in [1.82, 2.24) is 10.2 Å². The van der Waals surface area contributed by atoms with Gasteiger partial charge in [0.2, 0.25) is 5.91 Å². The first-order valence-corrected chi connectivity index (χ1v) is 8.22. The number of piperidine rings is 1. The van der Waals surface area contributed by atoms with Crippen molar-refractivity contribution in [1.29, 1.82) is 0 Å². The molecule has 1 heterocycles. The summed E-state index contributed by atoms with van der Waals surface area (Å²) in [6.45, 7) is 4.68. The smallest absolute Gasteiger partial charge is 0.308 e. The van der Waals surface area contributed by atoms with Gasteiger partial charge in [-0.3, -0.25) is 14.5 Å². The summed E-state index contributed by atoms with van der Waals surface area (Å²) >= 11 is 0. The van der Waals surface area contributed by atoms with Crippen LogP contribution < -0.4 is 5.32 Å². The van der Waals surface area contributed by atoms with Gasteiger partial charge in [0.15, 0.2) is 0 Å². The molecule has 5 heteroatoms. The van der Waals surface area contributed by atoms with Crippen LogP contribution in [0.2, 0.25) is 0 Å².